The Morgan fingerprint density at radius 2 is 1.80 bits per heavy atom. The van der Waals surface area contributed by atoms with Crippen molar-refractivity contribution >= 4 is 0 Å². The van der Waals surface area contributed by atoms with Crippen LogP contribution in [0.5, 0.6) is 0 Å². The van der Waals surface area contributed by atoms with Crippen molar-refractivity contribution in [3.05, 3.63) is 0 Å². The van der Waals surface area contributed by atoms with Gasteiger partial charge in [0.25, 0.3) is 0 Å². The second-order valence-corrected chi connectivity index (χ2v) is 3.96. The summed E-state index contributed by atoms with van der Waals surface area (Å²) in [4.78, 5) is 2.45. The lowest BCUT2D eigenvalue weighted by Crippen LogP contribution is -2.28. The summed E-state index contributed by atoms with van der Waals surface area (Å²) in [5.74, 6) is 0.834. The minimum Gasteiger partial charge on any atom is -0.400 e. The van der Waals surface area contributed by atoms with E-state index in [1.807, 2.05) is 0 Å². The van der Waals surface area contributed by atoms with Gasteiger partial charge >= 0.3 is 0 Å². The van der Waals surface area contributed by atoms with Crippen molar-refractivity contribution in [3.63, 3.8) is 0 Å². The quantitative estimate of drug-likeness (QED) is 0.678. The Morgan fingerprint density at radius 3 is 2.20 bits per heavy atom. The van der Waals surface area contributed by atoms with Gasteiger partial charge in [-0.1, -0.05) is 20.8 Å². The monoisotopic (exact) mass is 219 g/mol. The topological polar surface area (TPSA) is 32.7 Å². The predicted molar refractivity (Wildman–Crippen MR) is 66.2 cm³/mol. The highest BCUT2D eigenvalue weighted by atomic mass is 16.5. The molecule has 0 heterocycles. The van der Waals surface area contributed by atoms with Crippen molar-refractivity contribution in [2.45, 2.75) is 33.6 Å². The minimum absolute atomic E-state index is 0.834. The van der Waals surface area contributed by atoms with Crippen molar-refractivity contribution in [1.29, 1.82) is 0 Å². The van der Waals surface area contributed by atoms with Crippen LogP contribution in [0, 0.1) is 5.92 Å². The molecule has 0 aromatic rings. The summed E-state index contributed by atoms with van der Waals surface area (Å²) < 4.78 is 5.06. The Kier molecular flexibility index (Phi) is 16.0. The van der Waals surface area contributed by atoms with Gasteiger partial charge in [-0.15, -0.1) is 0 Å². The lowest BCUT2D eigenvalue weighted by molar-refractivity contribution is 0.149. The number of rotatable bonds is 8. The average molecular weight is 219 g/mol. The number of hydrogen-bond acceptors (Lipinski definition) is 3. The van der Waals surface area contributed by atoms with Crippen molar-refractivity contribution < 1.29 is 9.84 Å². The van der Waals surface area contributed by atoms with Crippen LogP contribution in [0.25, 0.3) is 0 Å². The highest BCUT2D eigenvalue weighted by Gasteiger charge is 2.01. The fourth-order valence-electron chi connectivity index (χ4n) is 1.37. The molecule has 0 bridgehead atoms. The summed E-state index contributed by atoms with van der Waals surface area (Å²) in [5.41, 5.74) is 0. The van der Waals surface area contributed by atoms with Crippen LogP contribution in [0.1, 0.15) is 33.6 Å². The van der Waals surface area contributed by atoms with E-state index in [1.54, 1.807) is 7.11 Å². The van der Waals surface area contributed by atoms with Gasteiger partial charge in [-0.25, -0.2) is 0 Å². The Balaban J connectivity index is 0. The van der Waals surface area contributed by atoms with E-state index in [0.29, 0.717) is 0 Å². The molecule has 1 N–H and O–H groups in total. The van der Waals surface area contributed by atoms with Crippen molar-refractivity contribution in [1.82, 2.24) is 4.90 Å². The van der Waals surface area contributed by atoms with Crippen molar-refractivity contribution in [2.75, 3.05) is 40.5 Å². The van der Waals surface area contributed by atoms with E-state index >= 15 is 0 Å². The number of methoxy groups -OCH3 is 1. The van der Waals surface area contributed by atoms with Crippen LogP contribution in [0.15, 0.2) is 0 Å². The molecular weight excluding hydrogens is 190 g/mol. The molecule has 0 rings (SSSR count). The Morgan fingerprint density at radius 1 is 1.20 bits per heavy atom. The minimum atomic E-state index is 0.834. The van der Waals surface area contributed by atoms with Crippen LogP contribution in [0.3, 0.4) is 0 Å². The molecule has 0 amide bonds. The van der Waals surface area contributed by atoms with Gasteiger partial charge < -0.3 is 14.7 Å². The van der Waals surface area contributed by atoms with E-state index in [1.165, 1.54) is 19.4 Å². The number of aliphatic hydroxyl groups is 1. The maximum Gasteiger partial charge on any atom is 0.0589 e. The fraction of sp³-hybridized carbons (Fsp3) is 1.00. The SMILES string of the molecule is CCN(CCCC(C)C)CCOC.CO. The van der Waals surface area contributed by atoms with E-state index in [-0.39, 0.29) is 0 Å². The molecule has 0 aliphatic heterocycles. The third-order valence-corrected chi connectivity index (χ3v) is 2.31. The van der Waals surface area contributed by atoms with E-state index in [0.717, 1.165) is 32.7 Å². The molecule has 0 aliphatic rings. The lowest BCUT2D eigenvalue weighted by Gasteiger charge is -2.20. The molecule has 0 aliphatic carbocycles. The molecular formula is C12H29NO2. The first kappa shape index (κ1) is 17.3. The number of ether oxygens (including phenoxy) is 1. The van der Waals surface area contributed by atoms with Gasteiger partial charge in [-0.3, -0.25) is 0 Å². The highest BCUT2D eigenvalue weighted by molar-refractivity contribution is 4.56. The second-order valence-electron chi connectivity index (χ2n) is 3.96. The zero-order chi connectivity index (χ0) is 12.1. The Hall–Kier alpha value is -0.120. The Labute approximate surface area is 95.4 Å². The van der Waals surface area contributed by atoms with Gasteiger partial charge in [-0.05, 0) is 31.8 Å². The molecule has 94 valence electrons. The lowest BCUT2D eigenvalue weighted by atomic mass is 10.1. The standard InChI is InChI=1S/C11H25NO.CH4O/c1-5-12(9-10-13-4)8-6-7-11(2)3;1-2/h11H,5-10H2,1-4H3;2H,1H3. The highest BCUT2D eigenvalue weighted by Crippen LogP contribution is 2.04. The van der Waals surface area contributed by atoms with Gasteiger partial charge in [0, 0.05) is 20.8 Å². The van der Waals surface area contributed by atoms with Crippen molar-refractivity contribution in [2.24, 2.45) is 5.92 Å². The third-order valence-electron chi connectivity index (χ3n) is 2.31. The normalized spacial score (nSPS) is 10.4. The molecule has 0 spiro atoms. The van der Waals surface area contributed by atoms with E-state index in [4.69, 9.17) is 9.84 Å². The molecule has 15 heavy (non-hydrogen) atoms. The molecule has 3 nitrogen and oxygen atoms in total. The van der Waals surface area contributed by atoms with E-state index in [2.05, 4.69) is 25.7 Å². The average Bonchev–Trinajstić information content (AvgIpc) is 2.25. The number of likely N-dealkylation sites (N-methyl/N-ethyl adjacent to an activating group) is 1. The van der Waals surface area contributed by atoms with Crippen LogP contribution in [-0.2, 0) is 4.74 Å². The molecule has 0 atom stereocenters. The van der Waals surface area contributed by atoms with Gasteiger partial charge in [0.15, 0.2) is 0 Å². The van der Waals surface area contributed by atoms with Crippen molar-refractivity contribution in [3.8, 4) is 0 Å². The summed E-state index contributed by atoms with van der Waals surface area (Å²) >= 11 is 0. The van der Waals surface area contributed by atoms with Gasteiger partial charge in [0.2, 0.25) is 0 Å². The van der Waals surface area contributed by atoms with Gasteiger partial charge in [-0.2, -0.15) is 0 Å². The molecule has 3 heteroatoms. The van der Waals surface area contributed by atoms with Gasteiger partial charge in [0.1, 0.15) is 0 Å². The number of nitrogens with zero attached hydrogens (tertiary/aromatic N) is 1. The third kappa shape index (κ3) is 13.9. The smallest absolute Gasteiger partial charge is 0.0589 e. The van der Waals surface area contributed by atoms with Gasteiger partial charge in [0.05, 0.1) is 6.61 Å². The largest absolute Gasteiger partial charge is 0.400 e. The maximum absolute atomic E-state index is 7.00. The molecule has 0 aromatic carbocycles. The van der Waals surface area contributed by atoms with Crippen LogP contribution in [0.2, 0.25) is 0 Å². The van der Waals surface area contributed by atoms with Crippen LogP contribution < -0.4 is 0 Å². The summed E-state index contributed by atoms with van der Waals surface area (Å²) in [7, 11) is 2.77. The van der Waals surface area contributed by atoms with Crippen LogP contribution >= 0.6 is 0 Å². The molecule has 0 aromatic heterocycles. The summed E-state index contributed by atoms with van der Waals surface area (Å²) in [6.45, 7) is 11.1. The van der Waals surface area contributed by atoms with Crippen LogP contribution in [-0.4, -0.2) is 50.5 Å². The zero-order valence-electron chi connectivity index (χ0n) is 11.1. The summed E-state index contributed by atoms with van der Waals surface area (Å²) in [6.07, 6.45) is 2.65. The number of aliphatic hydroxyl groups excluding tert-OH is 1. The molecule has 0 saturated carbocycles. The fourth-order valence-corrected chi connectivity index (χ4v) is 1.37. The summed E-state index contributed by atoms with van der Waals surface area (Å²) in [6, 6.07) is 0. The maximum atomic E-state index is 7.00. The van der Waals surface area contributed by atoms with E-state index < -0.39 is 0 Å². The van der Waals surface area contributed by atoms with Crippen LogP contribution in [0.4, 0.5) is 0 Å². The zero-order valence-corrected chi connectivity index (χ0v) is 11.1. The second kappa shape index (κ2) is 13.9. The first-order valence-corrected chi connectivity index (χ1v) is 5.86. The molecule has 0 saturated heterocycles. The first-order chi connectivity index (χ1) is 7.20. The summed E-state index contributed by atoms with van der Waals surface area (Å²) in [5, 5.41) is 7.00. The molecule has 0 fully saturated rings. The Bertz CT molecular complexity index is 108. The van der Waals surface area contributed by atoms with E-state index in [9.17, 15) is 0 Å². The predicted octanol–water partition coefficient (Wildman–Crippen LogP) is 2.00. The molecule has 0 unspecified atom stereocenters. The molecule has 0 radical (unpaired) electrons. The first-order valence-electron chi connectivity index (χ1n) is 5.86. The number of hydrogen-bond donors (Lipinski definition) is 1.